The Morgan fingerprint density at radius 2 is 1.89 bits per heavy atom. The third-order valence-corrected chi connectivity index (χ3v) is 3.58. The van der Waals surface area contributed by atoms with Gasteiger partial charge in [-0.2, -0.15) is 4.39 Å². The zero-order valence-corrected chi connectivity index (χ0v) is 10.9. The molecule has 1 aromatic heterocycles. The number of anilines is 1. The molecule has 19 heavy (non-hydrogen) atoms. The molecule has 2 aromatic rings. The number of hydrogen-bond acceptors (Lipinski definition) is 2. The lowest BCUT2D eigenvalue weighted by Gasteiger charge is -2.20. The van der Waals surface area contributed by atoms with E-state index in [1.54, 1.807) is 12.3 Å². The lowest BCUT2D eigenvalue weighted by molar-refractivity contribution is 0.583. The molecule has 0 bridgehead atoms. The van der Waals surface area contributed by atoms with Gasteiger partial charge < -0.3 is 5.32 Å². The summed E-state index contributed by atoms with van der Waals surface area (Å²) >= 11 is 0. The Balaban J connectivity index is 1.81. The van der Waals surface area contributed by atoms with Gasteiger partial charge in [-0.05, 0) is 43.4 Å². The highest BCUT2D eigenvalue weighted by atomic mass is 19.1. The summed E-state index contributed by atoms with van der Waals surface area (Å²) < 4.78 is 12.8. The van der Waals surface area contributed by atoms with Crippen LogP contribution in [0.3, 0.4) is 0 Å². The van der Waals surface area contributed by atoms with E-state index in [1.807, 2.05) is 0 Å². The Bertz CT molecular complexity index is 544. The number of halogens is 1. The minimum Gasteiger partial charge on any atom is -0.377 e. The summed E-state index contributed by atoms with van der Waals surface area (Å²) in [5.74, 6) is 0.233. The Morgan fingerprint density at radius 1 is 1.16 bits per heavy atom. The molecule has 3 rings (SSSR count). The number of aromatic nitrogens is 1. The van der Waals surface area contributed by atoms with Gasteiger partial charge in [-0.15, -0.1) is 0 Å². The van der Waals surface area contributed by atoms with Crippen LogP contribution in [0.4, 0.5) is 10.1 Å². The number of nitrogens with zero attached hydrogens (tertiary/aromatic N) is 1. The summed E-state index contributed by atoms with van der Waals surface area (Å²) in [7, 11) is 0. The zero-order valence-electron chi connectivity index (χ0n) is 10.9. The topological polar surface area (TPSA) is 24.9 Å². The van der Waals surface area contributed by atoms with Crippen molar-refractivity contribution >= 4 is 5.69 Å². The van der Waals surface area contributed by atoms with Crippen LogP contribution in [-0.2, 0) is 0 Å². The Kier molecular flexibility index (Phi) is 3.20. The average molecular weight is 256 g/mol. The first-order valence-corrected chi connectivity index (χ1v) is 6.67. The fraction of sp³-hybridized carbons (Fsp3) is 0.312. The van der Waals surface area contributed by atoms with Crippen LogP contribution in [0.2, 0.25) is 0 Å². The second kappa shape index (κ2) is 5.00. The van der Waals surface area contributed by atoms with Crippen molar-refractivity contribution in [2.45, 2.75) is 25.8 Å². The van der Waals surface area contributed by atoms with Gasteiger partial charge in [0.15, 0.2) is 0 Å². The Morgan fingerprint density at radius 3 is 2.47 bits per heavy atom. The van der Waals surface area contributed by atoms with Gasteiger partial charge in [0.1, 0.15) is 0 Å². The fourth-order valence-corrected chi connectivity index (χ4v) is 2.32. The van der Waals surface area contributed by atoms with Crippen LogP contribution in [-0.4, -0.2) is 4.98 Å². The van der Waals surface area contributed by atoms with Crippen LogP contribution in [0.1, 0.15) is 30.0 Å². The lowest BCUT2D eigenvalue weighted by atomic mass is 10.0. The standard InChI is InChI=1S/C16H17FN2/c1-11-2-4-12(5-3-11)16(13-6-7-13)19-14-8-9-15(17)18-10-14/h2-5,8-10,13,16,19H,6-7H2,1H3. The minimum atomic E-state index is -0.441. The van der Waals surface area contributed by atoms with Gasteiger partial charge >= 0.3 is 0 Å². The van der Waals surface area contributed by atoms with Gasteiger partial charge in [-0.3, -0.25) is 0 Å². The second-order valence-electron chi connectivity index (χ2n) is 5.24. The second-order valence-corrected chi connectivity index (χ2v) is 5.24. The summed E-state index contributed by atoms with van der Waals surface area (Å²) in [5.41, 5.74) is 3.43. The van der Waals surface area contributed by atoms with Crippen LogP contribution in [0.5, 0.6) is 0 Å². The molecule has 1 N–H and O–H groups in total. The van der Waals surface area contributed by atoms with E-state index in [4.69, 9.17) is 0 Å². The van der Waals surface area contributed by atoms with Crippen molar-refractivity contribution in [3.05, 3.63) is 59.7 Å². The highest BCUT2D eigenvalue weighted by molar-refractivity contribution is 5.44. The third kappa shape index (κ3) is 2.92. The first-order chi connectivity index (χ1) is 9.22. The van der Waals surface area contributed by atoms with Gasteiger partial charge in [0.05, 0.1) is 17.9 Å². The van der Waals surface area contributed by atoms with Gasteiger partial charge in [0, 0.05) is 0 Å². The number of benzene rings is 1. The molecule has 0 amide bonds. The predicted octanol–water partition coefficient (Wildman–Crippen LogP) is 4.09. The van der Waals surface area contributed by atoms with Gasteiger partial charge in [0.2, 0.25) is 5.95 Å². The summed E-state index contributed by atoms with van der Waals surface area (Å²) in [6.07, 6.45) is 4.05. The zero-order chi connectivity index (χ0) is 13.2. The molecular formula is C16H17FN2. The normalized spacial score (nSPS) is 16.1. The molecule has 1 aliphatic rings. The summed E-state index contributed by atoms with van der Waals surface area (Å²) in [5, 5.41) is 3.47. The van der Waals surface area contributed by atoms with E-state index in [0.717, 1.165) is 5.69 Å². The molecule has 1 atom stereocenters. The molecule has 2 nitrogen and oxygen atoms in total. The number of nitrogens with one attached hydrogen (secondary N) is 1. The van der Waals surface area contributed by atoms with E-state index < -0.39 is 5.95 Å². The molecule has 0 radical (unpaired) electrons. The van der Waals surface area contributed by atoms with E-state index in [2.05, 4.69) is 41.5 Å². The molecule has 1 saturated carbocycles. The fourth-order valence-electron chi connectivity index (χ4n) is 2.32. The van der Waals surface area contributed by atoms with E-state index >= 15 is 0 Å². The van der Waals surface area contributed by atoms with Crippen LogP contribution < -0.4 is 5.32 Å². The van der Waals surface area contributed by atoms with Crippen molar-refractivity contribution in [2.75, 3.05) is 5.32 Å². The average Bonchev–Trinajstić information content (AvgIpc) is 3.24. The van der Waals surface area contributed by atoms with E-state index in [0.29, 0.717) is 12.0 Å². The SMILES string of the molecule is Cc1ccc(C(Nc2ccc(F)nc2)C2CC2)cc1. The van der Waals surface area contributed by atoms with Gasteiger partial charge in [0.25, 0.3) is 0 Å². The predicted molar refractivity (Wildman–Crippen MR) is 74.5 cm³/mol. The maximum absolute atomic E-state index is 12.8. The number of rotatable bonds is 4. The van der Waals surface area contributed by atoms with Crippen molar-refractivity contribution < 1.29 is 4.39 Å². The number of aryl methyl sites for hydroxylation is 1. The summed E-state index contributed by atoms with van der Waals surface area (Å²) in [6.45, 7) is 2.09. The largest absolute Gasteiger partial charge is 0.377 e. The highest BCUT2D eigenvalue weighted by Gasteiger charge is 2.32. The molecule has 1 unspecified atom stereocenters. The number of hydrogen-bond donors (Lipinski definition) is 1. The Hall–Kier alpha value is -1.90. The van der Waals surface area contributed by atoms with Crippen LogP contribution >= 0.6 is 0 Å². The minimum absolute atomic E-state index is 0.299. The molecule has 0 aliphatic heterocycles. The smallest absolute Gasteiger partial charge is 0.212 e. The molecule has 0 saturated heterocycles. The summed E-state index contributed by atoms with van der Waals surface area (Å²) in [4.78, 5) is 3.69. The first-order valence-electron chi connectivity index (χ1n) is 6.67. The molecule has 3 heteroatoms. The maximum atomic E-state index is 12.8. The third-order valence-electron chi connectivity index (χ3n) is 3.58. The molecule has 1 aromatic carbocycles. The van der Waals surface area contributed by atoms with Crippen LogP contribution in [0.25, 0.3) is 0 Å². The van der Waals surface area contributed by atoms with E-state index in [-0.39, 0.29) is 0 Å². The molecule has 1 fully saturated rings. The van der Waals surface area contributed by atoms with Crippen molar-refractivity contribution in [3.8, 4) is 0 Å². The van der Waals surface area contributed by atoms with Crippen molar-refractivity contribution in [3.63, 3.8) is 0 Å². The van der Waals surface area contributed by atoms with Crippen molar-refractivity contribution in [2.24, 2.45) is 5.92 Å². The van der Waals surface area contributed by atoms with Crippen LogP contribution in [0, 0.1) is 18.8 Å². The number of pyridine rings is 1. The molecular weight excluding hydrogens is 239 g/mol. The Labute approximate surface area is 112 Å². The van der Waals surface area contributed by atoms with Crippen molar-refractivity contribution in [1.82, 2.24) is 4.98 Å². The van der Waals surface area contributed by atoms with E-state index in [1.165, 1.54) is 30.0 Å². The monoisotopic (exact) mass is 256 g/mol. The molecule has 1 aliphatic carbocycles. The van der Waals surface area contributed by atoms with Gasteiger partial charge in [-0.1, -0.05) is 29.8 Å². The molecule has 98 valence electrons. The van der Waals surface area contributed by atoms with E-state index in [9.17, 15) is 4.39 Å². The lowest BCUT2D eigenvalue weighted by Crippen LogP contribution is -2.13. The van der Waals surface area contributed by atoms with Crippen LogP contribution in [0.15, 0.2) is 42.6 Å². The quantitative estimate of drug-likeness (QED) is 0.833. The summed E-state index contributed by atoms with van der Waals surface area (Å²) in [6, 6.07) is 12.0. The van der Waals surface area contributed by atoms with Crippen molar-refractivity contribution in [1.29, 1.82) is 0 Å². The molecule has 0 spiro atoms. The molecule has 1 heterocycles. The maximum Gasteiger partial charge on any atom is 0.212 e. The first kappa shape index (κ1) is 12.2. The van der Waals surface area contributed by atoms with Gasteiger partial charge in [-0.25, -0.2) is 4.98 Å². The highest BCUT2D eigenvalue weighted by Crippen LogP contribution is 2.42.